The van der Waals surface area contributed by atoms with Crippen molar-refractivity contribution in [1.29, 1.82) is 0 Å². The van der Waals surface area contributed by atoms with Gasteiger partial charge in [-0.1, -0.05) is 12.1 Å². The summed E-state index contributed by atoms with van der Waals surface area (Å²) in [5.41, 5.74) is 2.83. The zero-order valence-corrected chi connectivity index (χ0v) is 14.1. The summed E-state index contributed by atoms with van der Waals surface area (Å²) >= 11 is 0. The van der Waals surface area contributed by atoms with E-state index in [2.05, 4.69) is 12.4 Å². The molecule has 0 spiro atoms. The summed E-state index contributed by atoms with van der Waals surface area (Å²) in [5.74, 6) is -1.41. The largest absolute Gasteiger partial charge is 0.544 e. The average molecular weight is 320 g/mol. The van der Waals surface area contributed by atoms with Crippen LogP contribution in [0.3, 0.4) is 0 Å². The predicted molar refractivity (Wildman–Crippen MR) is 85.3 cm³/mol. The van der Waals surface area contributed by atoms with Gasteiger partial charge in [0.05, 0.1) is 19.4 Å². The highest BCUT2D eigenvalue weighted by Gasteiger charge is 2.30. The summed E-state index contributed by atoms with van der Waals surface area (Å²) < 4.78 is 0. The molecule has 1 heterocycles. The summed E-state index contributed by atoms with van der Waals surface area (Å²) in [6, 6.07) is 4.91. The third-order valence-electron chi connectivity index (χ3n) is 4.79. The molecule has 0 aromatic heterocycles. The minimum Gasteiger partial charge on any atom is -0.544 e. The molecule has 1 amide bonds. The summed E-state index contributed by atoms with van der Waals surface area (Å²) in [5, 5.41) is 14.3. The molecule has 6 heteroatoms. The smallest absolute Gasteiger partial charge is 0.230 e. The number of nitrogens with one attached hydrogen (secondary N) is 3. The van der Waals surface area contributed by atoms with Crippen LogP contribution in [0.5, 0.6) is 0 Å². The predicted octanol–water partition coefficient (Wildman–Crippen LogP) is -2.84. The molecule has 1 atom stereocenters. The number of likely N-dealkylation sites (N-methyl/N-ethyl adjacent to an activating group) is 1. The number of amides is 1. The summed E-state index contributed by atoms with van der Waals surface area (Å²) in [7, 11) is 2.10. The molecule has 1 fully saturated rings. The third-order valence-corrected chi connectivity index (χ3v) is 4.79. The Labute approximate surface area is 137 Å². The highest BCUT2D eigenvalue weighted by Crippen LogP contribution is 2.18. The zero-order valence-electron chi connectivity index (χ0n) is 14.1. The first-order valence-electron chi connectivity index (χ1n) is 8.11. The van der Waals surface area contributed by atoms with Gasteiger partial charge in [0.15, 0.2) is 0 Å². The van der Waals surface area contributed by atoms with Crippen LogP contribution < -0.4 is 20.2 Å². The Morgan fingerprint density at radius 3 is 2.48 bits per heavy atom. The lowest BCUT2D eigenvalue weighted by Gasteiger charge is -2.33. The van der Waals surface area contributed by atoms with Crippen LogP contribution in [0.4, 0.5) is 5.69 Å². The lowest BCUT2D eigenvalue weighted by atomic mass is 10.1. The first-order chi connectivity index (χ1) is 10.9. The minimum atomic E-state index is -1.14. The second-order valence-corrected chi connectivity index (χ2v) is 6.49. The molecule has 0 unspecified atom stereocenters. The fourth-order valence-corrected chi connectivity index (χ4v) is 3.01. The van der Waals surface area contributed by atoms with Gasteiger partial charge in [0.1, 0.15) is 32.2 Å². The van der Waals surface area contributed by atoms with E-state index < -0.39 is 12.0 Å². The molecule has 1 aliphatic heterocycles. The summed E-state index contributed by atoms with van der Waals surface area (Å²) in [6.45, 7) is 7.25. The Balaban J connectivity index is 2.01. The molecule has 1 aromatic rings. The number of quaternary nitrogens is 2. The third kappa shape index (κ3) is 4.53. The van der Waals surface area contributed by atoms with Crippen LogP contribution >= 0.6 is 0 Å². The highest BCUT2D eigenvalue weighted by atomic mass is 16.4. The molecule has 1 aromatic carbocycles. The van der Waals surface area contributed by atoms with Crippen LogP contribution in [-0.2, 0) is 9.59 Å². The molecule has 1 saturated heterocycles. The van der Waals surface area contributed by atoms with Gasteiger partial charge in [0.25, 0.3) is 0 Å². The Hall–Kier alpha value is -1.92. The number of carbonyl (C=O) groups is 2. The first kappa shape index (κ1) is 17.4. The topological polar surface area (TPSA) is 78.1 Å². The number of benzene rings is 1. The van der Waals surface area contributed by atoms with Gasteiger partial charge in [0, 0.05) is 5.69 Å². The number of hydrogen-bond donors (Lipinski definition) is 3. The average Bonchev–Trinajstić information content (AvgIpc) is 2.50. The van der Waals surface area contributed by atoms with Gasteiger partial charge in [-0.25, -0.2) is 0 Å². The van der Waals surface area contributed by atoms with Crippen molar-refractivity contribution < 1.29 is 24.5 Å². The van der Waals surface area contributed by atoms with Crippen LogP contribution in [0.25, 0.3) is 0 Å². The number of aryl methyl sites for hydroxylation is 1. The zero-order chi connectivity index (χ0) is 17.0. The van der Waals surface area contributed by atoms with Gasteiger partial charge in [0.2, 0.25) is 5.91 Å². The van der Waals surface area contributed by atoms with Crippen molar-refractivity contribution in [3.8, 4) is 0 Å². The second-order valence-electron chi connectivity index (χ2n) is 6.49. The fraction of sp³-hybridized carbons (Fsp3) is 0.529. The van der Waals surface area contributed by atoms with Crippen molar-refractivity contribution in [3.63, 3.8) is 0 Å². The molecule has 0 saturated carbocycles. The van der Waals surface area contributed by atoms with Crippen molar-refractivity contribution in [1.82, 2.24) is 0 Å². The maximum absolute atomic E-state index is 12.3. The molecular formula is C17H26N3O3+. The molecule has 2 rings (SSSR count). The summed E-state index contributed by atoms with van der Waals surface area (Å²) in [4.78, 5) is 26.1. The van der Waals surface area contributed by atoms with E-state index in [0.29, 0.717) is 0 Å². The van der Waals surface area contributed by atoms with Gasteiger partial charge in [-0.2, -0.15) is 0 Å². The lowest BCUT2D eigenvalue weighted by molar-refractivity contribution is -1.01. The van der Waals surface area contributed by atoms with Gasteiger partial charge < -0.3 is 25.0 Å². The first-order valence-corrected chi connectivity index (χ1v) is 8.11. The molecule has 126 valence electrons. The number of carboxylic acids is 1. The Bertz CT molecular complexity index is 580. The van der Waals surface area contributed by atoms with E-state index in [9.17, 15) is 14.7 Å². The van der Waals surface area contributed by atoms with E-state index in [1.807, 2.05) is 32.0 Å². The molecular weight excluding hydrogens is 294 g/mol. The van der Waals surface area contributed by atoms with Crippen molar-refractivity contribution in [3.05, 3.63) is 29.3 Å². The number of hydrogen-bond acceptors (Lipinski definition) is 3. The quantitative estimate of drug-likeness (QED) is 0.547. The van der Waals surface area contributed by atoms with Crippen LogP contribution in [0, 0.1) is 13.8 Å². The van der Waals surface area contributed by atoms with Gasteiger partial charge >= 0.3 is 0 Å². The standard InChI is InChI=1S/C17H25N3O3/c1-12-5-4-6-14(13(12)2)18-16(21)11-15(17(22)23)20-9-7-19(3)8-10-20/h4-6,15H,7-11H2,1-3H3,(H,18,21)(H,22,23)/p+1/t15-/m1/s1. The normalized spacial score (nSPS) is 22.4. The van der Waals surface area contributed by atoms with Gasteiger partial charge in [-0.05, 0) is 31.0 Å². The Morgan fingerprint density at radius 2 is 1.87 bits per heavy atom. The molecule has 23 heavy (non-hydrogen) atoms. The van der Waals surface area contributed by atoms with Crippen LogP contribution in [-0.4, -0.2) is 51.1 Å². The molecule has 0 aliphatic carbocycles. The molecule has 0 radical (unpaired) electrons. The van der Waals surface area contributed by atoms with Crippen molar-refractivity contribution >= 4 is 17.6 Å². The van der Waals surface area contributed by atoms with E-state index in [4.69, 9.17) is 0 Å². The van der Waals surface area contributed by atoms with Gasteiger partial charge in [-0.3, -0.25) is 4.79 Å². The van der Waals surface area contributed by atoms with E-state index >= 15 is 0 Å². The van der Waals surface area contributed by atoms with Crippen molar-refractivity contribution in [2.24, 2.45) is 0 Å². The number of piperazine rings is 1. The van der Waals surface area contributed by atoms with Crippen molar-refractivity contribution in [2.75, 3.05) is 38.5 Å². The fourth-order valence-electron chi connectivity index (χ4n) is 3.01. The van der Waals surface area contributed by atoms with Gasteiger partial charge in [-0.15, -0.1) is 0 Å². The number of carboxylic acid groups (broad SMARTS) is 1. The number of aliphatic carboxylic acids is 1. The molecule has 6 nitrogen and oxygen atoms in total. The maximum atomic E-state index is 12.3. The van der Waals surface area contributed by atoms with E-state index in [1.165, 1.54) is 4.90 Å². The second kappa shape index (κ2) is 7.57. The highest BCUT2D eigenvalue weighted by molar-refractivity contribution is 5.94. The van der Waals surface area contributed by atoms with Crippen LogP contribution in [0.15, 0.2) is 18.2 Å². The van der Waals surface area contributed by atoms with E-state index in [0.717, 1.165) is 47.9 Å². The molecule has 0 bridgehead atoms. The van der Waals surface area contributed by atoms with E-state index in [1.54, 1.807) is 0 Å². The minimum absolute atomic E-state index is 0.0515. The van der Waals surface area contributed by atoms with Crippen molar-refractivity contribution in [2.45, 2.75) is 26.3 Å². The Kier molecular flexibility index (Phi) is 5.74. The number of carbonyl (C=O) groups excluding carboxylic acids is 2. The summed E-state index contributed by atoms with van der Waals surface area (Å²) in [6.07, 6.45) is -0.0515. The SMILES string of the molecule is Cc1cccc(NC(=O)C[C@H](C(=O)[O-])[NH+]2CC[NH+](C)CC2)c1C. The van der Waals surface area contributed by atoms with Crippen LogP contribution in [0.2, 0.25) is 0 Å². The van der Waals surface area contributed by atoms with E-state index in [-0.39, 0.29) is 12.3 Å². The Morgan fingerprint density at radius 1 is 1.22 bits per heavy atom. The van der Waals surface area contributed by atoms with Crippen LogP contribution in [0.1, 0.15) is 17.5 Å². The molecule has 1 aliphatic rings. The maximum Gasteiger partial charge on any atom is 0.230 e. The monoisotopic (exact) mass is 320 g/mol. The molecule has 3 N–H and O–H groups in total. The lowest BCUT2D eigenvalue weighted by Crippen LogP contribution is -3.29. The number of anilines is 1. The number of rotatable bonds is 5.